The number of benzene rings is 2. The second-order valence-corrected chi connectivity index (χ2v) is 10.3. The van der Waals surface area contributed by atoms with E-state index in [2.05, 4.69) is 25.9 Å². The zero-order valence-corrected chi connectivity index (χ0v) is 23.3. The summed E-state index contributed by atoms with van der Waals surface area (Å²) in [6, 6.07) is 14.6. The van der Waals surface area contributed by atoms with Crippen LogP contribution in [0.2, 0.25) is 10.0 Å². The molecule has 0 aliphatic heterocycles. The Labute approximate surface area is 237 Å². The molecule has 0 aliphatic carbocycles. The van der Waals surface area contributed by atoms with Crippen molar-refractivity contribution in [1.82, 2.24) is 25.1 Å². The minimum absolute atomic E-state index is 0.174. The molecular weight excluding hydrogens is 563 g/mol. The number of thiocarbonyl (C=S) groups is 1. The van der Waals surface area contributed by atoms with Gasteiger partial charge in [0.05, 0.1) is 10.0 Å². The molecule has 0 spiro atoms. The van der Waals surface area contributed by atoms with E-state index in [0.29, 0.717) is 27.1 Å². The lowest BCUT2D eigenvalue weighted by Crippen LogP contribution is -2.33. The van der Waals surface area contributed by atoms with Gasteiger partial charge in [0.1, 0.15) is 16.5 Å². The maximum absolute atomic E-state index is 12.4. The Kier molecular flexibility index (Phi) is 7.57. The summed E-state index contributed by atoms with van der Waals surface area (Å²) in [7, 11) is 0. The summed E-state index contributed by atoms with van der Waals surface area (Å²) < 4.78 is 7.55. The van der Waals surface area contributed by atoms with Crippen LogP contribution in [0.1, 0.15) is 24.1 Å². The molecule has 8 nitrogen and oxygen atoms in total. The summed E-state index contributed by atoms with van der Waals surface area (Å²) in [6.45, 7) is 3.97. The average Bonchev–Trinajstić information content (AvgIpc) is 3.62. The topological polar surface area (TPSA) is 97.3 Å². The number of aryl methyl sites for hydroxylation is 2. The van der Waals surface area contributed by atoms with Crippen molar-refractivity contribution < 1.29 is 9.21 Å². The molecule has 0 bridgehead atoms. The number of carbonyl (C=O) groups is 1. The van der Waals surface area contributed by atoms with Crippen molar-refractivity contribution in [3.8, 4) is 21.9 Å². The number of carbonyl (C=O) groups excluding carboxylic acids is 1. The number of nitrogens with one attached hydrogen (secondary N) is 2. The third-order valence-electron chi connectivity index (χ3n) is 5.57. The molecule has 2 N–H and O–H groups in total. The minimum Gasteiger partial charge on any atom is -0.457 e. The fraction of sp³-hybridized carbons (Fsp3) is 0.115. The number of hydrogen-bond donors (Lipinski definition) is 2. The van der Waals surface area contributed by atoms with Crippen LogP contribution in [0.4, 0.5) is 5.69 Å². The Morgan fingerprint density at radius 3 is 2.82 bits per heavy atom. The largest absolute Gasteiger partial charge is 0.457 e. The van der Waals surface area contributed by atoms with Gasteiger partial charge in [-0.3, -0.25) is 10.1 Å². The monoisotopic (exact) mass is 582 g/mol. The van der Waals surface area contributed by atoms with Crippen LogP contribution in [-0.2, 0) is 11.2 Å². The van der Waals surface area contributed by atoms with Crippen LogP contribution in [0.3, 0.4) is 0 Å². The van der Waals surface area contributed by atoms with Gasteiger partial charge in [0, 0.05) is 29.3 Å². The number of furan rings is 1. The van der Waals surface area contributed by atoms with Crippen molar-refractivity contribution in [1.29, 1.82) is 0 Å². The lowest BCUT2D eigenvalue weighted by atomic mass is 10.1. The zero-order valence-electron chi connectivity index (χ0n) is 20.2. The SMILES string of the molecule is CCc1nnc2sc(-c3ccc(NC(=S)NC(=O)/C=C/c4ccc(-c5cccc(Cl)c5Cl)o4)c(C)c3)nn12. The summed E-state index contributed by atoms with van der Waals surface area (Å²) in [5.41, 5.74) is 3.34. The predicted octanol–water partition coefficient (Wildman–Crippen LogP) is 6.82. The minimum atomic E-state index is -0.401. The molecule has 38 heavy (non-hydrogen) atoms. The van der Waals surface area contributed by atoms with Crippen LogP contribution >= 0.6 is 46.8 Å². The second-order valence-electron chi connectivity index (χ2n) is 8.18. The van der Waals surface area contributed by atoms with Crippen LogP contribution in [0, 0.1) is 6.92 Å². The molecule has 0 aliphatic rings. The van der Waals surface area contributed by atoms with Gasteiger partial charge in [0.15, 0.2) is 10.9 Å². The first-order valence-electron chi connectivity index (χ1n) is 11.5. The van der Waals surface area contributed by atoms with Crippen molar-refractivity contribution in [2.75, 3.05) is 5.32 Å². The lowest BCUT2D eigenvalue weighted by molar-refractivity contribution is -0.115. The molecule has 1 amide bonds. The summed E-state index contributed by atoms with van der Waals surface area (Å²) in [4.78, 5) is 13.2. The standard InChI is InChI=1S/C26H20Cl2N6O2S2/c1-3-21-31-32-26-34(21)33-24(38-26)15-7-10-19(14(2)13-15)29-25(37)30-22(35)12-9-16-8-11-20(36-16)17-5-4-6-18(27)23(17)28/h4-13H,3H2,1-2H3,(H2,29,30,35,37)/b12-9+. The van der Waals surface area contributed by atoms with Crippen molar-refractivity contribution in [3.05, 3.63) is 81.8 Å². The Morgan fingerprint density at radius 2 is 2.03 bits per heavy atom. The molecule has 5 rings (SSSR count). The number of amides is 1. The maximum atomic E-state index is 12.4. The van der Waals surface area contributed by atoms with E-state index in [1.54, 1.807) is 40.9 Å². The molecular formula is C26H20Cl2N6O2S2. The van der Waals surface area contributed by atoms with E-state index in [-0.39, 0.29) is 5.11 Å². The smallest absolute Gasteiger partial charge is 0.250 e. The summed E-state index contributed by atoms with van der Waals surface area (Å²) in [6.07, 6.45) is 3.64. The van der Waals surface area contributed by atoms with E-state index in [0.717, 1.165) is 39.0 Å². The van der Waals surface area contributed by atoms with Gasteiger partial charge in [-0.2, -0.15) is 9.61 Å². The van der Waals surface area contributed by atoms with Crippen molar-refractivity contribution in [2.45, 2.75) is 20.3 Å². The molecule has 0 radical (unpaired) electrons. The number of nitrogens with zero attached hydrogens (tertiary/aromatic N) is 4. The highest BCUT2D eigenvalue weighted by Gasteiger charge is 2.14. The van der Waals surface area contributed by atoms with E-state index >= 15 is 0 Å². The third-order valence-corrected chi connectivity index (χ3v) is 7.54. The summed E-state index contributed by atoms with van der Waals surface area (Å²) in [5.74, 6) is 1.45. The third kappa shape index (κ3) is 5.48. The first-order valence-corrected chi connectivity index (χ1v) is 13.5. The molecule has 0 saturated carbocycles. The van der Waals surface area contributed by atoms with E-state index in [1.807, 2.05) is 32.0 Å². The number of fused-ring (bicyclic) bond motifs is 1. The van der Waals surface area contributed by atoms with Gasteiger partial charge >= 0.3 is 0 Å². The highest BCUT2D eigenvalue weighted by Crippen LogP contribution is 2.34. The fourth-order valence-corrected chi connectivity index (χ4v) is 5.14. The number of halogens is 2. The molecule has 3 heterocycles. The van der Waals surface area contributed by atoms with Gasteiger partial charge in [0.2, 0.25) is 10.9 Å². The highest BCUT2D eigenvalue weighted by atomic mass is 35.5. The van der Waals surface area contributed by atoms with Gasteiger partial charge in [-0.25, -0.2) is 0 Å². The molecule has 0 unspecified atom stereocenters. The molecule has 12 heteroatoms. The first-order chi connectivity index (χ1) is 18.3. The normalized spacial score (nSPS) is 11.4. The fourth-order valence-electron chi connectivity index (χ4n) is 3.68. The molecule has 2 aromatic carbocycles. The quantitative estimate of drug-likeness (QED) is 0.167. The molecule has 0 saturated heterocycles. The number of hydrogen-bond acceptors (Lipinski definition) is 7. The molecule has 192 valence electrons. The van der Waals surface area contributed by atoms with E-state index in [1.165, 1.54) is 17.4 Å². The lowest BCUT2D eigenvalue weighted by Gasteiger charge is -2.11. The predicted molar refractivity (Wildman–Crippen MR) is 156 cm³/mol. The molecule has 0 atom stereocenters. The van der Waals surface area contributed by atoms with Gasteiger partial charge in [-0.1, -0.05) is 47.5 Å². The first kappa shape index (κ1) is 26.1. The van der Waals surface area contributed by atoms with Crippen LogP contribution in [-0.4, -0.2) is 30.8 Å². The summed E-state index contributed by atoms with van der Waals surface area (Å²) >= 11 is 19.1. The van der Waals surface area contributed by atoms with E-state index < -0.39 is 5.91 Å². The Balaban J connectivity index is 1.20. The van der Waals surface area contributed by atoms with Crippen molar-refractivity contribution in [2.24, 2.45) is 0 Å². The van der Waals surface area contributed by atoms with Crippen molar-refractivity contribution in [3.63, 3.8) is 0 Å². The average molecular weight is 584 g/mol. The molecule has 0 fully saturated rings. The number of anilines is 1. The van der Waals surface area contributed by atoms with Gasteiger partial charge in [-0.15, -0.1) is 10.2 Å². The number of aromatic nitrogens is 4. The van der Waals surface area contributed by atoms with E-state index in [9.17, 15) is 4.79 Å². The zero-order chi connectivity index (χ0) is 26.8. The van der Waals surface area contributed by atoms with Crippen LogP contribution in [0.25, 0.3) is 32.9 Å². The Hall–Kier alpha value is -3.57. The highest BCUT2D eigenvalue weighted by molar-refractivity contribution is 7.80. The van der Waals surface area contributed by atoms with Gasteiger partial charge in [-0.05, 0) is 73.2 Å². The number of rotatable bonds is 6. The van der Waals surface area contributed by atoms with Crippen LogP contribution in [0.15, 0.2) is 59.0 Å². The maximum Gasteiger partial charge on any atom is 0.250 e. The second kappa shape index (κ2) is 11.0. The Morgan fingerprint density at radius 1 is 1.18 bits per heavy atom. The van der Waals surface area contributed by atoms with Crippen LogP contribution < -0.4 is 10.6 Å². The Bertz CT molecular complexity index is 1710. The summed E-state index contributed by atoms with van der Waals surface area (Å²) in [5, 5.41) is 20.5. The van der Waals surface area contributed by atoms with Gasteiger partial charge in [0.25, 0.3) is 0 Å². The van der Waals surface area contributed by atoms with Crippen molar-refractivity contribution >= 4 is 74.5 Å². The van der Waals surface area contributed by atoms with Crippen LogP contribution in [0.5, 0.6) is 0 Å². The van der Waals surface area contributed by atoms with Gasteiger partial charge < -0.3 is 9.73 Å². The van der Waals surface area contributed by atoms with E-state index in [4.69, 9.17) is 39.8 Å². The molecule has 5 aromatic rings. The molecule has 3 aromatic heterocycles.